The second-order valence-electron chi connectivity index (χ2n) is 3.81. The van der Waals surface area contributed by atoms with Crippen LogP contribution in [-0.4, -0.2) is 50.6 Å². The molecule has 0 bridgehead atoms. The molecule has 2 rings (SSSR count). The van der Waals surface area contributed by atoms with E-state index in [4.69, 9.17) is 14.3 Å². The summed E-state index contributed by atoms with van der Waals surface area (Å²) in [5.41, 5.74) is 2.81. The molecule has 1 saturated heterocycles. The van der Waals surface area contributed by atoms with Gasteiger partial charge in [0.1, 0.15) is 0 Å². The number of morpholine rings is 1. The SMILES string of the molecule is COC(C1=CCNO1)N1CCOC[C@@H]1C. The Balaban J connectivity index is 2.03. The van der Waals surface area contributed by atoms with E-state index < -0.39 is 0 Å². The molecule has 0 radical (unpaired) electrons. The van der Waals surface area contributed by atoms with Gasteiger partial charge in [0.15, 0.2) is 12.0 Å². The number of nitrogens with zero attached hydrogens (tertiary/aromatic N) is 1. The van der Waals surface area contributed by atoms with Gasteiger partial charge in [-0.05, 0) is 13.0 Å². The normalized spacial score (nSPS) is 29.7. The first-order valence-corrected chi connectivity index (χ1v) is 5.29. The lowest BCUT2D eigenvalue weighted by atomic mass is 10.2. The lowest BCUT2D eigenvalue weighted by Crippen LogP contribution is -2.51. The summed E-state index contributed by atoms with van der Waals surface area (Å²) in [6.07, 6.45) is 1.91. The summed E-state index contributed by atoms with van der Waals surface area (Å²) in [6, 6.07) is 0.355. The van der Waals surface area contributed by atoms with Crippen molar-refractivity contribution in [3.8, 4) is 0 Å². The second kappa shape index (κ2) is 4.94. The highest BCUT2D eigenvalue weighted by atomic mass is 16.7. The molecule has 2 aliphatic heterocycles. The summed E-state index contributed by atoms with van der Waals surface area (Å²) in [6.45, 7) is 5.26. The molecule has 5 nitrogen and oxygen atoms in total. The average molecular weight is 214 g/mol. The Morgan fingerprint density at radius 2 is 2.53 bits per heavy atom. The molecule has 0 spiro atoms. The fraction of sp³-hybridized carbons (Fsp3) is 0.800. The zero-order valence-corrected chi connectivity index (χ0v) is 9.23. The number of hydrogen-bond acceptors (Lipinski definition) is 5. The van der Waals surface area contributed by atoms with Crippen LogP contribution in [0, 0.1) is 0 Å². The van der Waals surface area contributed by atoms with E-state index in [1.54, 1.807) is 7.11 Å². The molecular formula is C10H18N2O3. The molecule has 15 heavy (non-hydrogen) atoms. The number of rotatable bonds is 3. The van der Waals surface area contributed by atoms with E-state index in [-0.39, 0.29) is 6.23 Å². The van der Waals surface area contributed by atoms with Crippen molar-refractivity contribution in [2.75, 3.05) is 33.4 Å². The van der Waals surface area contributed by atoms with Crippen LogP contribution in [0.1, 0.15) is 6.92 Å². The highest BCUT2D eigenvalue weighted by molar-refractivity contribution is 5.05. The van der Waals surface area contributed by atoms with E-state index in [1.807, 2.05) is 6.08 Å². The minimum Gasteiger partial charge on any atom is -0.409 e. The molecule has 1 N–H and O–H groups in total. The fourth-order valence-corrected chi connectivity index (χ4v) is 1.96. The van der Waals surface area contributed by atoms with Crippen LogP contribution in [0.25, 0.3) is 0 Å². The fourth-order valence-electron chi connectivity index (χ4n) is 1.96. The van der Waals surface area contributed by atoms with Gasteiger partial charge in [-0.15, -0.1) is 0 Å². The van der Waals surface area contributed by atoms with Crippen molar-refractivity contribution in [1.29, 1.82) is 0 Å². The maximum atomic E-state index is 5.48. The van der Waals surface area contributed by atoms with Gasteiger partial charge in [-0.1, -0.05) is 0 Å². The minimum atomic E-state index is -0.0982. The predicted molar refractivity (Wildman–Crippen MR) is 55.0 cm³/mol. The number of nitrogens with one attached hydrogen (secondary N) is 1. The van der Waals surface area contributed by atoms with Gasteiger partial charge in [0.05, 0.1) is 19.8 Å². The molecule has 1 fully saturated rings. The summed E-state index contributed by atoms with van der Waals surface area (Å²) >= 11 is 0. The van der Waals surface area contributed by atoms with Crippen LogP contribution < -0.4 is 5.48 Å². The summed E-state index contributed by atoms with van der Waals surface area (Å²) in [4.78, 5) is 7.56. The molecule has 0 saturated carbocycles. The van der Waals surface area contributed by atoms with Gasteiger partial charge >= 0.3 is 0 Å². The standard InChI is InChI=1S/C10H18N2O3/c1-8-7-14-6-5-12(8)10(13-2)9-3-4-11-15-9/h3,8,10-11H,4-7H2,1-2H3/t8-,10?/m0/s1. The van der Waals surface area contributed by atoms with Gasteiger partial charge < -0.3 is 14.3 Å². The average Bonchev–Trinajstić information content (AvgIpc) is 2.75. The van der Waals surface area contributed by atoms with E-state index in [0.29, 0.717) is 6.04 Å². The van der Waals surface area contributed by atoms with Crippen LogP contribution in [0.2, 0.25) is 0 Å². The van der Waals surface area contributed by atoms with Crippen molar-refractivity contribution in [3.63, 3.8) is 0 Å². The first-order chi connectivity index (χ1) is 7.33. The van der Waals surface area contributed by atoms with Crippen molar-refractivity contribution in [2.24, 2.45) is 0 Å². The Morgan fingerprint density at radius 3 is 3.13 bits per heavy atom. The zero-order chi connectivity index (χ0) is 10.7. The molecular weight excluding hydrogens is 196 g/mol. The van der Waals surface area contributed by atoms with Crippen LogP contribution in [0.4, 0.5) is 0 Å². The minimum absolute atomic E-state index is 0.0982. The maximum absolute atomic E-state index is 5.48. The topological polar surface area (TPSA) is 43.0 Å². The smallest absolute Gasteiger partial charge is 0.171 e. The summed E-state index contributed by atoms with van der Waals surface area (Å²) in [5.74, 6) is 0.853. The van der Waals surface area contributed by atoms with Crippen molar-refractivity contribution >= 4 is 0 Å². The number of hydroxylamine groups is 1. The molecule has 2 atom stereocenters. The van der Waals surface area contributed by atoms with Gasteiger partial charge in [-0.25, -0.2) is 0 Å². The lowest BCUT2D eigenvalue weighted by Gasteiger charge is -2.38. The number of hydrogen-bond donors (Lipinski definition) is 1. The van der Waals surface area contributed by atoms with E-state index in [9.17, 15) is 0 Å². The van der Waals surface area contributed by atoms with Crippen molar-refractivity contribution in [1.82, 2.24) is 10.4 Å². The highest BCUT2D eigenvalue weighted by Gasteiger charge is 2.31. The maximum Gasteiger partial charge on any atom is 0.171 e. The molecule has 0 aliphatic carbocycles. The molecule has 2 heterocycles. The molecule has 5 heteroatoms. The third kappa shape index (κ3) is 2.31. The third-order valence-electron chi connectivity index (χ3n) is 2.76. The largest absolute Gasteiger partial charge is 0.409 e. The Bertz CT molecular complexity index is 245. The van der Waals surface area contributed by atoms with Gasteiger partial charge in [-0.2, -0.15) is 5.48 Å². The Labute approximate surface area is 89.9 Å². The second-order valence-corrected chi connectivity index (χ2v) is 3.81. The zero-order valence-electron chi connectivity index (χ0n) is 9.23. The molecule has 2 aliphatic rings. The molecule has 0 aromatic heterocycles. The monoisotopic (exact) mass is 214 g/mol. The Kier molecular flexibility index (Phi) is 3.58. The van der Waals surface area contributed by atoms with Gasteiger partial charge in [0.25, 0.3) is 0 Å². The van der Waals surface area contributed by atoms with Crippen molar-refractivity contribution in [2.45, 2.75) is 19.2 Å². The Morgan fingerprint density at radius 1 is 1.67 bits per heavy atom. The number of methoxy groups -OCH3 is 1. The van der Waals surface area contributed by atoms with E-state index >= 15 is 0 Å². The van der Waals surface area contributed by atoms with Crippen molar-refractivity contribution < 1.29 is 14.3 Å². The lowest BCUT2D eigenvalue weighted by molar-refractivity contribution is -0.111. The first kappa shape index (κ1) is 10.9. The summed E-state index contributed by atoms with van der Waals surface area (Å²) in [7, 11) is 1.70. The van der Waals surface area contributed by atoms with Crippen LogP contribution in [0.5, 0.6) is 0 Å². The third-order valence-corrected chi connectivity index (χ3v) is 2.76. The van der Waals surface area contributed by atoms with E-state index in [1.165, 1.54) is 0 Å². The summed E-state index contributed by atoms with van der Waals surface area (Å²) in [5, 5.41) is 0. The van der Waals surface area contributed by atoms with Crippen LogP contribution in [0.3, 0.4) is 0 Å². The first-order valence-electron chi connectivity index (χ1n) is 5.29. The number of ether oxygens (including phenoxy) is 2. The molecule has 86 valence electrons. The van der Waals surface area contributed by atoms with E-state index in [0.717, 1.165) is 32.1 Å². The van der Waals surface area contributed by atoms with Gasteiger partial charge in [0, 0.05) is 19.7 Å². The van der Waals surface area contributed by atoms with Gasteiger partial charge in [0.2, 0.25) is 0 Å². The molecule has 0 amide bonds. The summed E-state index contributed by atoms with van der Waals surface area (Å²) < 4.78 is 10.9. The Hall–Kier alpha value is -0.620. The van der Waals surface area contributed by atoms with Crippen LogP contribution in [-0.2, 0) is 14.3 Å². The quantitative estimate of drug-likeness (QED) is 0.721. The predicted octanol–water partition coefficient (Wildman–Crippen LogP) is 0.0983. The van der Waals surface area contributed by atoms with Gasteiger partial charge in [-0.3, -0.25) is 4.90 Å². The molecule has 1 unspecified atom stereocenters. The molecule has 0 aromatic carbocycles. The van der Waals surface area contributed by atoms with Crippen LogP contribution >= 0.6 is 0 Å². The molecule has 0 aromatic rings. The highest BCUT2D eigenvalue weighted by Crippen LogP contribution is 2.19. The van der Waals surface area contributed by atoms with Crippen LogP contribution in [0.15, 0.2) is 11.8 Å². The van der Waals surface area contributed by atoms with E-state index in [2.05, 4.69) is 17.3 Å². The van der Waals surface area contributed by atoms with Crippen molar-refractivity contribution in [3.05, 3.63) is 11.8 Å².